The molecule has 6 nitrogen and oxygen atoms in total. The monoisotopic (exact) mass is 507 g/mol. The number of nitrogens with zero attached hydrogens (tertiary/aromatic N) is 3. The zero-order valence-corrected chi connectivity index (χ0v) is 22.4. The van der Waals surface area contributed by atoms with Crippen molar-refractivity contribution in [1.29, 1.82) is 0 Å². The van der Waals surface area contributed by atoms with E-state index in [0.717, 1.165) is 48.9 Å². The summed E-state index contributed by atoms with van der Waals surface area (Å²) in [7, 11) is -3.67. The number of amides is 1. The summed E-state index contributed by atoms with van der Waals surface area (Å²) in [6, 6.07) is 17.0. The molecule has 1 fully saturated rings. The van der Waals surface area contributed by atoms with Gasteiger partial charge in [0.25, 0.3) is 5.91 Å². The van der Waals surface area contributed by atoms with Gasteiger partial charge in [0.05, 0.1) is 24.2 Å². The maximum Gasteiger partial charge on any atom is 0.254 e. The molecule has 0 unspecified atom stereocenters. The van der Waals surface area contributed by atoms with E-state index >= 15 is 0 Å². The summed E-state index contributed by atoms with van der Waals surface area (Å²) in [6.07, 6.45) is 6.82. The first-order chi connectivity index (χ1) is 17.2. The molecule has 7 heteroatoms. The Morgan fingerprint density at radius 2 is 1.78 bits per heavy atom. The van der Waals surface area contributed by atoms with Gasteiger partial charge in [0.2, 0.25) is 15.0 Å². The van der Waals surface area contributed by atoms with Crippen molar-refractivity contribution in [2.45, 2.75) is 76.4 Å². The molecule has 1 aromatic heterocycles. The number of aryl methyl sites for hydroxylation is 1. The van der Waals surface area contributed by atoms with Gasteiger partial charge in [-0.2, -0.15) is 0 Å². The SMILES string of the molecule is Cc1cccc(CS(=O)(=O)c2ncc(CN(CC(C)C)C(=O)c3ccccc3)n2C2CCCCC2)c1. The van der Waals surface area contributed by atoms with Crippen LogP contribution in [0.3, 0.4) is 0 Å². The lowest BCUT2D eigenvalue weighted by molar-refractivity contribution is 0.0716. The van der Waals surface area contributed by atoms with Crippen LogP contribution in [0.15, 0.2) is 66.0 Å². The Bertz CT molecular complexity index is 1280. The molecule has 1 heterocycles. The minimum Gasteiger partial charge on any atom is -0.333 e. The fourth-order valence-corrected chi connectivity index (χ4v) is 6.69. The quantitative estimate of drug-likeness (QED) is 0.358. The fraction of sp³-hybridized carbons (Fsp3) is 0.448. The number of rotatable bonds is 9. The van der Waals surface area contributed by atoms with Gasteiger partial charge in [0.15, 0.2) is 0 Å². The second-order valence-electron chi connectivity index (χ2n) is 10.4. The molecule has 0 N–H and O–H groups in total. The summed E-state index contributed by atoms with van der Waals surface area (Å²) >= 11 is 0. The molecule has 36 heavy (non-hydrogen) atoms. The Morgan fingerprint density at radius 1 is 1.06 bits per heavy atom. The second-order valence-corrected chi connectivity index (χ2v) is 12.3. The highest BCUT2D eigenvalue weighted by atomic mass is 32.2. The molecule has 4 rings (SSSR count). The Balaban J connectivity index is 1.71. The molecule has 192 valence electrons. The van der Waals surface area contributed by atoms with Crippen LogP contribution >= 0.6 is 0 Å². The van der Waals surface area contributed by atoms with E-state index in [4.69, 9.17) is 0 Å². The van der Waals surface area contributed by atoms with Gasteiger partial charge in [0, 0.05) is 18.2 Å². The van der Waals surface area contributed by atoms with Crippen molar-refractivity contribution in [2.75, 3.05) is 6.54 Å². The summed E-state index contributed by atoms with van der Waals surface area (Å²) in [6.45, 7) is 7.04. The van der Waals surface area contributed by atoms with E-state index in [-0.39, 0.29) is 28.8 Å². The molecular formula is C29H37N3O3S. The highest BCUT2D eigenvalue weighted by molar-refractivity contribution is 7.90. The van der Waals surface area contributed by atoms with E-state index in [9.17, 15) is 13.2 Å². The number of aromatic nitrogens is 2. The minimum atomic E-state index is -3.67. The lowest BCUT2D eigenvalue weighted by Crippen LogP contribution is -2.35. The molecule has 3 aromatic rings. The first-order valence-corrected chi connectivity index (χ1v) is 14.6. The standard InChI is InChI=1S/C29H37N3O3S/c1-22(2)19-31(28(33)25-13-6-4-7-14-25)20-27-18-30-29(32(27)26-15-8-5-9-16-26)36(34,35)21-24-12-10-11-23(3)17-24/h4,6-7,10-14,17-18,22,26H,5,8-9,15-16,19-21H2,1-3H3. The third kappa shape index (κ3) is 6.25. The molecule has 0 aliphatic heterocycles. The highest BCUT2D eigenvalue weighted by Gasteiger charge is 2.30. The molecule has 0 spiro atoms. The Labute approximate surface area is 215 Å². The Morgan fingerprint density at radius 3 is 2.44 bits per heavy atom. The largest absolute Gasteiger partial charge is 0.333 e. The molecule has 0 bridgehead atoms. The third-order valence-corrected chi connectivity index (χ3v) is 8.31. The zero-order valence-electron chi connectivity index (χ0n) is 21.6. The summed E-state index contributed by atoms with van der Waals surface area (Å²) in [4.78, 5) is 19.7. The summed E-state index contributed by atoms with van der Waals surface area (Å²) < 4.78 is 29.2. The number of sulfone groups is 1. The Hall–Kier alpha value is -2.93. The summed E-state index contributed by atoms with van der Waals surface area (Å²) in [5, 5.41) is 0.127. The smallest absolute Gasteiger partial charge is 0.254 e. The fourth-order valence-electron chi connectivity index (χ4n) is 5.16. The van der Waals surface area contributed by atoms with Gasteiger partial charge in [-0.15, -0.1) is 0 Å². The lowest BCUT2D eigenvalue weighted by Gasteiger charge is -2.29. The van der Waals surface area contributed by atoms with Crippen LogP contribution in [-0.4, -0.2) is 35.3 Å². The van der Waals surface area contributed by atoms with E-state index in [1.54, 1.807) is 6.20 Å². The minimum absolute atomic E-state index is 0.0511. The second kappa shape index (κ2) is 11.4. The van der Waals surface area contributed by atoms with Crippen LogP contribution in [-0.2, 0) is 22.1 Å². The van der Waals surface area contributed by atoms with E-state index in [1.165, 1.54) is 0 Å². The normalized spacial score (nSPS) is 14.8. The van der Waals surface area contributed by atoms with Crippen LogP contribution in [0, 0.1) is 12.8 Å². The topological polar surface area (TPSA) is 72.3 Å². The van der Waals surface area contributed by atoms with E-state index < -0.39 is 9.84 Å². The van der Waals surface area contributed by atoms with Crippen molar-refractivity contribution in [3.63, 3.8) is 0 Å². The van der Waals surface area contributed by atoms with Gasteiger partial charge in [-0.25, -0.2) is 13.4 Å². The molecule has 0 saturated heterocycles. The van der Waals surface area contributed by atoms with Crippen LogP contribution in [0.25, 0.3) is 0 Å². The zero-order chi connectivity index (χ0) is 25.7. The van der Waals surface area contributed by atoms with Crippen molar-refractivity contribution in [2.24, 2.45) is 5.92 Å². The number of benzene rings is 2. The molecule has 1 saturated carbocycles. The lowest BCUT2D eigenvalue weighted by atomic mass is 9.95. The van der Waals surface area contributed by atoms with Crippen LogP contribution < -0.4 is 0 Å². The van der Waals surface area contributed by atoms with Crippen molar-refractivity contribution >= 4 is 15.7 Å². The Kier molecular flexibility index (Phi) is 8.29. The molecule has 1 aliphatic carbocycles. The number of carbonyl (C=O) groups excluding carboxylic acids is 1. The summed E-state index contributed by atoms with van der Waals surface area (Å²) in [5.41, 5.74) is 3.21. The van der Waals surface area contributed by atoms with Crippen molar-refractivity contribution in [1.82, 2.24) is 14.5 Å². The number of carbonyl (C=O) groups is 1. The number of hydrogen-bond acceptors (Lipinski definition) is 4. The van der Waals surface area contributed by atoms with Gasteiger partial charge in [-0.05, 0) is 43.4 Å². The predicted molar refractivity (Wildman–Crippen MR) is 142 cm³/mol. The number of hydrogen-bond donors (Lipinski definition) is 0. The van der Waals surface area contributed by atoms with Gasteiger partial charge < -0.3 is 9.47 Å². The molecule has 1 amide bonds. The van der Waals surface area contributed by atoms with E-state index in [2.05, 4.69) is 18.8 Å². The third-order valence-electron chi connectivity index (χ3n) is 6.74. The van der Waals surface area contributed by atoms with E-state index in [0.29, 0.717) is 18.7 Å². The van der Waals surface area contributed by atoms with Crippen LogP contribution in [0.1, 0.15) is 79.2 Å². The molecule has 0 radical (unpaired) electrons. The van der Waals surface area contributed by atoms with Gasteiger partial charge in [-0.3, -0.25) is 4.79 Å². The average Bonchev–Trinajstić information content (AvgIpc) is 3.28. The maximum atomic E-state index is 13.6. The van der Waals surface area contributed by atoms with Gasteiger partial charge in [-0.1, -0.05) is 81.1 Å². The van der Waals surface area contributed by atoms with Crippen LogP contribution in [0.4, 0.5) is 0 Å². The first-order valence-electron chi connectivity index (χ1n) is 12.9. The van der Waals surface area contributed by atoms with Crippen LogP contribution in [0.5, 0.6) is 0 Å². The average molecular weight is 508 g/mol. The maximum absolute atomic E-state index is 13.6. The van der Waals surface area contributed by atoms with Crippen LogP contribution in [0.2, 0.25) is 0 Å². The number of imidazole rings is 1. The first kappa shape index (κ1) is 26.1. The highest BCUT2D eigenvalue weighted by Crippen LogP contribution is 2.33. The predicted octanol–water partition coefficient (Wildman–Crippen LogP) is 5.97. The van der Waals surface area contributed by atoms with Crippen molar-refractivity contribution in [3.8, 4) is 0 Å². The molecule has 1 aliphatic rings. The van der Waals surface area contributed by atoms with Gasteiger partial charge >= 0.3 is 0 Å². The van der Waals surface area contributed by atoms with Crippen molar-refractivity contribution in [3.05, 3.63) is 83.2 Å². The molecule has 2 aromatic carbocycles. The van der Waals surface area contributed by atoms with Crippen molar-refractivity contribution < 1.29 is 13.2 Å². The van der Waals surface area contributed by atoms with E-state index in [1.807, 2.05) is 71.0 Å². The molecule has 0 atom stereocenters. The summed E-state index contributed by atoms with van der Waals surface area (Å²) in [5.74, 6) is 0.134. The van der Waals surface area contributed by atoms with Gasteiger partial charge in [0.1, 0.15) is 0 Å². The molecular weight excluding hydrogens is 470 g/mol.